The largest absolute Gasteiger partial charge is 0.480 e. The number of carbonyl (C=O) groups is 2. The van der Waals surface area contributed by atoms with E-state index in [9.17, 15) is 14.7 Å². The van der Waals surface area contributed by atoms with Gasteiger partial charge in [0.05, 0.1) is 11.0 Å². The van der Waals surface area contributed by atoms with E-state index in [2.05, 4.69) is 35.2 Å². The van der Waals surface area contributed by atoms with Gasteiger partial charge >= 0.3 is 5.97 Å². The van der Waals surface area contributed by atoms with Crippen LogP contribution in [0, 0.1) is 5.92 Å². The van der Waals surface area contributed by atoms with E-state index in [1.54, 1.807) is 37.3 Å². The van der Waals surface area contributed by atoms with Gasteiger partial charge in [0.2, 0.25) is 0 Å². The SMILES string of the molecule is CCC(CC)n1c(Cc2cccs2)nc2cc(C(=O)N[C@H](C(=O)O)C(C)C)ccc21. The molecule has 2 aromatic heterocycles. The Labute approximate surface area is 180 Å². The van der Waals surface area contributed by atoms with Crippen LogP contribution in [-0.4, -0.2) is 32.6 Å². The van der Waals surface area contributed by atoms with Crippen molar-refractivity contribution >= 4 is 34.2 Å². The van der Waals surface area contributed by atoms with Crippen molar-refractivity contribution in [3.63, 3.8) is 0 Å². The number of aliphatic carboxylic acids is 1. The number of imidazole rings is 1. The molecule has 0 unspecified atom stereocenters. The number of nitrogens with zero attached hydrogens (tertiary/aromatic N) is 2. The van der Waals surface area contributed by atoms with E-state index in [0.717, 1.165) is 36.1 Å². The summed E-state index contributed by atoms with van der Waals surface area (Å²) < 4.78 is 2.30. The van der Waals surface area contributed by atoms with Crippen LogP contribution in [0.4, 0.5) is 0 Å². The van der Waals surface area contributed by atoms with Gasteiger partial charge in [-0.3, -0.25) is 4.79 Å². The molecule has 3 rings (SSSR count). The van der Waals surface area contributed by atoms with Crippen molar-refractivity contribution in [1.82, 2.24) is 14.9 Å². The quantitative estimate of drug-likeness (QED) is 0.509. The van der Waals surface area contributed by atoms with Gasteiger partial charge in [-0.05, 0) is 48.4 Å². The minimum Gasteiger partial charge on any atom is -0.480 e. The van der Waals surface area contributed by atoms with E-state index >= 15 is 0 Å². The van der Waals surface area contributed by atoms with Crippen molar-refractivity contribution in [3.05, 3.63) is 52.0 Å². The Hall–Kier alpha value is -2.67. The highest BCUT2D eigenvalue weighted by Crippen LogP contribution is 2.28. The molecule has 0 aliphatic carbocycles. The second kappa shape index (κ2) is 9.43. The predicted molar refractivity (Wildman–Crippen MR) is 120 cm³/mol. The van der Waals surface area contributed by atoms with Crippen molar-refractivity contribution < 1.29 is 14.7 Å². The Bertz CT molecular complexity index is 1020. The Balaban J connectivity index is 1.99. The maximum absolute atomic E-state index is 12.7. The number of carboxylic acid groups (broad SMARTS) is 1. The number of amides is 1. The second-order valence-corrected chi connectivity index (χ2v) is 8.89. The maximum Gasteiger partial charge on any atom is 0.326 e. The standard InChI is InChI=1S/C23H29N3O3S/c1-5-16(6-2)26-19-10-9-15(22(27)25-21(14(3)4)23(28)29)12-18(19)24-20(26)13-17-8-7-11-30-17/h7-12,14,16,21H,5-6,13H2,1-4H3,(H,25,27)(H,28,29)/t21-/m0/s1. The third kappa shape index (κ3) is 4.56. The minimum absolute atomic E-state index is 0.207. The summed E-state index contributed by atoms with van der Waals surface area (Å²) in [6.07, 6.45) is 2.74. The average molecular weight is 428 g/mol. The fourth-order valence-electron chi connectivity index (χ4n) is 3.78. The minimum atomic E-state index is -1.03. The molecule has 0 bridgehead atoms. The molecule has 0 aliphatic heterocycles. The number of carboxylic acids is 1. The molecule has 0 fully saturated rings. The molecule has 0 saturated carbocycles. The van der Waals surface area contributed by atoms with Crippen LogP contribution in [0.25, 0.3) is 11.0 Å². The summed E-state index contributed by atoms with van der Waals surface area (Å²) in [5.74, 6) is -0.642. The van der Waals surface area contributed by atoms with E-state index in [-0.39, 0.29) is 5.92 Å². The van der Waals surface area contributed by atoms with Crippen molar-refractivity contribution in [3.8, 4) is 0 Å². The normalized spacial score (nSPS) is 12.6. The van der Waals surface area contributed by atoms with Crippen molar-refractivity contribution in [2.45, 2.75) is 59.0 Å². The topological polar surface area (TPSA) is 84.2 Å². The molecule has 0 saturated heterocycles. The van der Waals surface area contributed by atoms with E-state index in [4.69, 9.17) is 4.98 Å². The molecule has 0 aliphatic rings. The number of nitrogens with one attached hydrogen (secondary N) is 1. The van der Waals surface area contributed by atoms with Crippen molar-refractivity contribution in [2.24, 2.45) is 5.92 Å². The summed E-state index contributed by atoms with van der Waals surface area (Å²) in [5, 5.41) is 14.1. The number of aromatic nitrogens is 2. The molecular weight excluding hydrogens is 398 g/mol. The summed E-state index contributed by atoms with van der Waals surface area (Å²) in [7, 11) is 0. The third-order valence-electron chi connectivity index (χ3n) is 5.46. The number of benzene rings is 1. The van der Waals surface area contributed by atoms with Gasteiger partial charge in [-0.15, -0.1) is 11.3 Å². The van der Waals surface area contributed by atoms with E-state index < -0.39 is 17.9 Å². The number of hydrogen-bond acceptors (Lipinski definition) is 4. The summed E-state index contributed by atoms with van der Waals surface area (Å²) in [6.45, 7) is 7.90. The van der Waals surface area contributed by atoms with Crippen LogP contribution in [0.3, 0.4) is 0 Å². The first-order valence-electron chi connectivity index (χ1n) is 10.4. The lowest BCUT2D eigenvalue weighted by Crippen LogP contribution is -2.44. The molecular formula is C23H29N3O3S. The van der Waals surface area contributed by atoms with Gasteiger partial charge in [-0.25, -0.2) is 9.78 Å². The average Bonchev–Trinajstić information content (AvgIpc) is 3.34. The molecule has 2 heterocycles. The smallest absolute Gasteiger partial charge is 0.326 e. The first-order valence-corrected chi connectivity index (χ1v) is 11.3. The fourth-order valence-corrected chi connectivity index (χ4v) is 4.48. The monoisotopic (exact) mass is 427 g/mol. The molecule has 1 aromatic carbocycles. The third-order valence-corrected chi connectivity index (χ3v) is 6.34. The number of hydrogen-bond donors (Lipinski definition) is 2. The highest BCUT2D eigenvalue weighted by molar-refractivity contribution is 7.09. The van der Waals surface area contributed by atoms with Crippen LogP contribution in [0.1, 0.15) is 67.6 Å². The van der Waals surface area contributed by atoms with Crippen LogP contribution < -0.4 is 5.32 Å². The first-order chi connectivity index (χ1) is 14.3. The van der Waals surface area contributed by atoms with Gasteiger partial charge in [0.15, 0.2) is 0 Å². The summed E-state index contributed by atoms with van der Waals surface area (Å²) in [4.78, 5) is 30.2. The van der Waals surface area contributed by atoms with Crippen LogP contribution in [0.15, 0.2) is 35.7 Å². The van der Waals surface area contributed by atoms with Crippen LogP contribution in [-0.2, 0) is 11.2 Å². The lowest BCUT2D eigenvalue weighted by molar-refractivity contribution is -0.140. The zero-order chi connectivity index (χ0) is 21.8. The molecule has 6 nitrogen and oxygen atoms in total. The van der Waals surface area contributed by atoms with Gasteiger partial charge < -0.3 is 15.0 Å². The summed E-state index contributed by atoms with van der Waals surface area (Å²) in [6, 6.07) is 9.01. The molecule has 1 amide bonds. The van der Waals surface area contributed by atoms with Gasteiger partial charge in [0.25, 0.3) is 5.91 Å². The first kappa shape index (κ1) is 22.0. The number of thiophene rings is 1. The Morgan fingerprint density at radius 1 is 1.20 bits per heavy atom. The zero-order valence-electron chi connectivity index (χ0n) is 17.9. The number of carbonyl (C=O) groups excluding carboxylic acids is 1. The molecule has 1 atom stereocenters. The summed E-state index contributed by atoms with van der Waals surface area (Å²) in [5.41, 5.74) is 2.19. The Kier molecular flexibility index (Phi) is 6.92. The van der Waals surface area contributed by atoms with Gasteiger partial charge in [0.1, 0.15) is 11.9 Å². The molecule has 2 N–H and O–H groups in total. The highest BCUT2D eigenvalue weighted by Gasteiger charge is 2.25. The van der Waals surface area contributed by atoms with Gasteiger partial charge in [-0.1, -0.05) is 33.8 Å². The van der Waals surface area contributed by atoms with Crippen LogP contribution in [0.2, 0.25) is 0 Å². The van der Waals surface area contributed by atoms with Crippen LogP contribution in [0.5, 0.6) is 0 Å². The molecule has 160 valence electrons. The van der Waals surface area contributed by atoms with E-state index in [0.29, 0.717) is 11.6 Å². The predicted octanol–water partition coefficient (Wildman–Crippen LogP) is 4.89. The molecule has 30 heavy (non-hydrogen) atoms. The molecule has 0 radical (unpaired) electrons. The number of rotatable bonds is 9. The second-order valence-electron chi connectivity index (χ2n) is 7.86. The van der Waals surface area contributed by atoms with Gasteiger partial charge in [-0.2, -0.15) is 0 Å². The Morgan fingerprint density at radius 2 is 1.93 bits per heavy atom. The lowest BCUT2D eigenvalue weighted by Gasteiger charge is -2.19. The van der Waals surface area contributed by atoms with Crippen LogP contribution >= 0.6 is 11.3 Å². The Morgan fingerprint density at radius 3 is 2.50 bits per heavy atom. The van der Waals surface area contributed by atoms with E-state index in [1.807, 2.05) is 12.1 Å². The van der Waals surface area contributed by atoms with Crippen molar-refractivity contribution in [2.75, 3.05) is 0 Å². The molecule has 7 heteroatoms. The maximum atomic E-state index is 12.7. The highest BCUT2D eigenvalue weighted by atomic mass is 32.1. The zero-order valence-corrected chi connectivity index (χ0v) is 18.7. The van der Waals surface area contributed by atoms with Gasteiger partial charge in [0, 0.05) is 22.9 Å². The van der Waals surface area contributed by atoms with Crippen molar-refractivity contribution in [1.29, 1.82) is 0 Å². The lowest BCUT2D eigenvalue weighted by atomic mass is 10.0. The number of fused-ring (bicyclic) bond motifs is 1. The molecule has 3 aromatic rings. The molecule has 0 spiro atoms. The van der Waals surface area contributed by atoms with E-state index in [1.165, 1.54) is 4.88 Å². The fraction of sp³-hybridized carbons (Fsp3) is 0.435. The summed E-state index contributed by atoms with van der Waals surface area (Å²) >= 11 is 1.71.